The van der Waals surface area contributed by atoms with Crippen LogP contribution in [0.1, 0.15) is 45.9 Å². The van der Waals surface area contributed by atoms with Gasteiger partial charge in [-0.25, -0.2) is 9.97 Å². The van der Waals surface area contributed by atoms with Crippen LogP contribution in [0.2, 0.25) is 0 Å². The summed E-state index contributed by atoms with van der Waals surface area (Å²) < 4.78 is 0. The minimum atomic E-state index is 0.826. The number of aromatic nitrogens is 2. The molecule has 0 aliphatic carbocycles. The molecule has 1 saturated heterocycles. The molecule has 4 nitrogen and oxygen atoms in total. The highest BCUT2D eigenvalue weighted by Crippen LogP contribution is 2.25. The average Bonchev–Trinajstić information content (AvgIpc) is 2.88. The summed E-state index contributed by atoms with van der Waals surface area (Å²) in [5.41, 5.74) is 0. The smallest absolute Gasteiger partial charge is 0.134 e. The molecule has 1 aliphatic rings. The Morgan fingerprint density at radius 1 is 1.32 bits per heavy atom. The van der Waals surface area contributed by atoms with E-state index in [9.17, 15) is 0 Å². The molecule has 0 bridgehead atoms. The van der Waals surface area contributed by atoms with E-state index in [0.717, 1.165) is 55.9 Å². The van der Waals surface area contributed by atoms with E-state index in [4.69, 9.17) is 4.98 Å². The first-order valence-corrected chi connectivity index (χ1v) is 7.63. The molecule has 0 radical (unpaired) electrons. The third kappa shape index (κ3) is 3.58. The molecule has 106 valence electrons. The quantitative estimate of drug-likeness (QED) is 0.855. The maximum atomic E-state index is 4.73. The van der Waals surface area contributed by atoms with E-state index < -0.39 is 0 Å². The normalized spacial score (nSPS) is 18.9. The molecule has 19 heavy (non-hydrogen) atoms. The van der Waals surface area contributed by atoms with Gasteiger partial charge in [0.25, 0.3) is 0 Å². The molecule has 0 saturated carbocycles. The highest BCUT2D eigenvalue weighted by molar-refractivity contribution is 5.50. The van der Waals surface area contributed by atoms with Crippen LogP contribution in [0.25, 0.3) is 0 Å². The number of hydrogen-bond acceptors (Lipinski definition) is 4. The first kappa shape index (κ1) is 14.1. The average molecular weight is 262 g/mol. The van der Waals surface area contributed by atoms with Gasteiger partial charge in [0.15, 0.2) is 0 Å². The van der Waals surface area contributed by atoms with Gasteiger partial charge in [-0.2, -0.15) is 0 Å². The molecular formula is C15H26N4. The summed E-state index contributed by atoms with van der Waals surface area (Å²) in [6.07, 6.45) is 4.60. The Labute approximate surface area is 116 Å². The van der Waals surface area contributed by atoms with Crippen molar-refractivity contribution >= 4 is 11.6 Å². The summed E-state index contributed by atoms with van der Waals surface area (Å²) in [5.74, 6) is 3.87. The molecule has 0 aromatic carbocycles. The summed E-state index contributed by atoms with van der Waals surface area (Å²) in [6.45, 7) is 9.73. The lowest BCUT2D eigenvalue weighted by Crippen LogP contribution is -2.22. The second-order valence-electron chi connectivity index (χ2n) is 5.32. The molecule has 0 spiro atoms. The molecule has 1 atom stereocenters. The Kier molecular flexibility index (Phi) is 5.00. The number of anilines is 2. The minimum absolute atomic E-state index is 0.826. The fourth-order valence-electron chi connectivity index (χ4n) is 2.63. The van der Waals surface area contributed by atoms with E-state index in [1.807, 2.05) is 0 Å². The van der Waals surface area contributed by atoms with Crippen molar-refractivity contribution in [3.05, 3.63) is 11.9 Å². The van der Waals surface area contributed by atoms with Crippen LogP contribution in [0.3, 0.4) is 0 Å². The fraction of sp³-hybridized carbons (Fsp3) is 0.733. The Hall–Kier alpha value is -1.32. The van der Waals surface area contributed by atoms with E-state index in [2.05, 4.69) is 42.0 Å². The van der Waals surface area contributed by atoms with Crippen LogP contribution >= 0.6 is 0 Å². The SMILES string of the molecule is CCCc1nc(NCC)cc(N2CCC(CC)C2)n1. The fourth-order valence-corrected chi connectivity index (χ4v) is 2.63. The summed E-state index contributed by atoms with van der Waals surface area (Å²) in [4.78, 5) is 11.7. The van der Waals surface area contributed by atoms with Gasteiger partial charge in [0.05, 0.1) is 0 Å². The molecule has 1 aromatic heterocycles. The lowest BCUT2D eigenvalue weighted by atomic mass is 10.1. The second-order valence-corrected chi connectivity index (χ2v) is 5.32. The van der Waals surface area contributed by atoms with Crippen LogP contribution in [0, 0.1) is 5.92 Å². The van der Waals surface area contributed by atoms with Crippen molar-refractivity contribution in [3.8, 4) is 0 Å². The standard InChI is InChI=1S/C15H26N4/c1-4-7-13-17-14(16-6-3)10-15(18-13)19-9-8-12(5-2)11-19/h10,12H,4-9,11H2,1-3H3,(H,16,17,18). The zero-order valence-corrected chi connectivity index (χ0v) is 12.4. The predicted octanol–water partition coefficient (Wildman–Crippen LogP) is 3.10. The number of aryl methyl sites for hydroxylation is 1. The third-order valence-corrected chi connectivity index (χ3v) is 3.78. The van der Waals surface area contributed by atoms with Crippen molar-refractivity contribution in [2.75, 3.05) is 29.9 Å². The zero-order valence-electron chi connectivity index (χ0n) is 12.4. The number of nitrogens with zero attached hydrogens (tertiary/aromatic N) is 3. The van der Waals surface area contributed by atoms with Crippen LogP contribution in [-0.2, 0) is 6.42 Å². The van der Waals surface area contributed by atoms with Gasteiger partial charge in [0, 0.05) is 32.1 Å². The topological polar surface area (TPSA) is 41.1 Å². The highest BCUT2D eigenvalue weighted by atomic mass is 15.2. The lowest BCUT2D eigenvalue weighted by Gasteiger charge is -2.19. The maximum Gasteiger partial charge on any atom is 0.134 e. The monoisotopic (exact) mass is 262 g/mol. The molecule has 2 heterocycles. The summed E-state index contributed by atoms with van der Waals surface area (Å²) in [7, 11) is 0. The van der Waals surface area contributed by atoms with Crippen molar-refractivity contribution in [1.29, 1.82) is 0 Å². The Bertz CT molecular complexity index is 381. The van der Waals surface area contributed by atoms with Crippen LogP contribution in [0.15, 0.2) is 6.07 Å². The molecule has 0 amide bonds. The van der Waals surface area contributed by atoms with Crippen molar-refractivity contribution in [2.45, 2.75) is 46.5 Å². The van der Waals surface area contributed by atoms with E-state index >= 15 is 0 Å². The first-order valence-electron chi connectivity index (χ1n) is 7.63. The molecule has 4 heteroatoms. The Morgan fingerprint density at radius 2 is 2.16 bits per heavy atom. The molecule has 1 fully saturated rings. The predicted molar refractivity (Wildman–Crippen MR) is 80.8 cm³/mol. The summed E-state index contributed by atoms with van der Waals surface area (Å²) in [6, 6.07) is 2.10. The van der Waals surface area contributed by atoms with Crippen LogP contribution < -0.4 is 10.2 Å². The lowest BCUT2D eigenvalue weighted by molar-refractivity contribution is 0.568. The minimum Gasteiger partial charge on any atom is -0.370 e. The van der Waals surface area contributed by atoms with Crippen LogP contribution in [0.5, 0.6) is 0 Å². The van der Waals surface area contributed by atoms with Gasteiger partial charge in [-0.05, 0) is 25.7 Å². The van der Waals surface area contributed by atoms with Gasteiger partial charge in [-0.15, -0.1) is 0 Å². The molecule has 1 N–H and O–H groups in total. The number of rotatable bonds is 6. The van der Waals surface area contributed by atoms with Crippen LogP contribution in [0.4, 0.5) is 11.6 Å². The summed E-state index contributed by atoms with van der Waals surface area (Å²) >= 11 is 0. The van der Waals surface area contributed by atoms with Gasteiger partial charge >= 0.3 is 0 Å². The first-order chi connectivity index (χ1) is 9.26. The van der Waals surface area contributed by atoms with Crippen molar-refractivity contribution < 1.29 is 0 Å². The molecule has 1 aliphatic heterocycles. The summed E-state index contributed by atoms with van der Waals surface area (Å²) in [5, 5.41) is 3.32. The molecule has 1 aromatic rings. The zero-order chi connectivity index (χ0) is 13.7. The maximum absolute atomic E-state index is 4.73. The van der Waals surface area contributed by atoms with E-state index in [1.165, 1.54) is 12.8 Å². The van der Waals surface area contributed by atoms with Gasteiger partial charge in [-0.3, -0.25) is 0 Å². The van der Waals surface area contributed by atoms with Crippen LogP contribution in [-0.4, -0.2) is 29.6 Å². The second kappa shape index (κ2) is 6.73. The Balaban J connectivity index is 2.18. The van der Waals surface area contributed by atoms with Gasteiger partial charge in [0.2, 0.25) is 0 Å². The molecular weight excluding hydrogens is 236 g/mol. The molecule has 1 unspecified atom stereocenters. The third-order valence-electron chi connectivity index (χ3n) is 3.78. The van der Waals surface area contributed by atoms with Crippen molar-refractivity contribution in [2.24, 2.45) is 5.92 Å². The largest absolute Gasteiger partial charge is 0.370 e. The van der Waals surface area contributed by atoms with Crippen molar-refractivity contribution in [3.63, 3.8) is 0 Å². The van der Waals surface area contributed by atoms with Crippen molar-refractivity contribution in [1.82, 2.24) is 9.97 Å². The number of hydrogen-bond donors (Lipinski definition) is 1. The number of nitrogens with one attached hydrogen (secondary N) is 1. The van der Waals surface area contributed by atoms with Gasteiger partial charge < -0.3 is 10.2 Å². The molecule has 2 rings (SSSR count). The van der Waals surface area contributed by atoms with E-state index in [0.29, 0.717) is 0 Å². The van der Waals surface area contributed by atoms with Gasteiger partial charge in [-0.1, -0.05) is 20.3 Å². The Morgan fingerprint density at radius 3 is 2.79 bits per heavy atom. The van der Waals surface area contributed by atoms with E-state index in [-0.39, 0.29) is 0 Å². The van der Waals surface area contributed by atoms with Gasteiger partial charge in [0.1, 0.15) is 17.5 Å². The highest BCUT2D eigenvalue weighted by Gasteiger charge is 2.22. The van der Waals surface area contributed by atoms with E-state index in [1.54, 1.807) is 0 Å².